The van der Waals surface area contributed by atoms with E-state index < -0.39 is 0 Å². The highest BCUT2D eigenvalue weighted by molar-refractivity contribution is 5.62. The summed E-state index contributed by atoms with van der Waals surface area (Å²) in [4.78, 5) is 9.11. The lowest BCUT2D eigenvalue weighted by Gasteiger charge is -2.26. The first kappa shape index (κ1) is 11.9. The molecule has 1 aliphatic carbocycles. The van der Waals surface area contributed by atoms with E-state index >= 15 is 0 Å². The molecule has 0 spiro atoms. The standard InChI is InChI=1S/C12H17N3O2/c1-8-6-15(7-14-8)10-4-5-11(17-13)9(2)12(10)16-3/h4-7,9,11H,13H2,1-3H3. The molecule has 1 heterocycles. The van der Waals surface area contributed by atoms with Crippen LogP contribution < -0.4 is 5.90 Å². The molecule has 1 aromatic rings. The van der Waals surface area contributed by atoms with Gasteiger partial charge in [-0.25, -0.2) is 10.9 Å². The van der Waals surface area contributed by atoms with Crippen LogP contribution >= 0.6 is 0 Å². The van der Waals surface area contributed by atoms with Crippen molar-refractivity contribution in [2.24, 2.45) is 11.8 Å². The van der Waals surface area contributed by atoms with Crippen molar-refractivity contribution in [2.75, 3.05) is 7.11 Å². The fraction of sp³-hybridized carbons (Fsp3) is 0.417. The van der Waals surface area contributed by atoms with Gasteiger partial charge < -0.3 is 9.30 Å². The molecule has 2 rings (SSSR count). The number of nitrogens with zero attached hydrogens (tertiary/aromatic N) is 2. The third kappa shape index (κ3) is 2.11. The van der Waals surface area contributed by atoms with Gasteiger partial charge in [0.2, 0.25) is 0 Å². The largest absolute Gasteiger partial charge is 0.499 e. The summed E-state index contributed by atoms with van der Waals surface area (Å²) in [6.45, 7) is 3.97. The Morgan fingerprint density at radius 2 is 2.24 bits per heavy atom. The van der Waals surface area contributed by atoms with Crippen molar-refractivity contribution in [3.8, 4) is 0 Å². The average Bonchev–Trinajstić information content (AvgIpc) is 2.75. The zero-order chi connectivity index (χ0) is 12.4. The van der Waals surface area contributed by atoms with Gasteiger partial charge in [0.25, 0.3) is 0 Å². The van der Waals surface area contributed by atoms with Crippen LogP contribution in [-0.4, -0.2) is 22.8 Å². The first-order chi connectivity index (χ1) is 8.17. The van der Waals surface area contributed by atoms with E-state index in [-0.39, 0.29) is 12.0 Å². The van der Waals surface area contributed by atoms with Gasteiger partial charge in [-0.05, 0) is 13.0 Å². The third-order valence-electron chi connectivity index (χ3n) is 2.97. The maximum Gasteiger partial charge on any atom is 0.125 e. The summed E-state index contributed by atoms with van der Waals surface area (Å²) >= 11 is 0. The zero-order valence-corrected chi connectivity index (χ0v) is 10.3. The first-order valence-corrected chi connectivity index (χ1v) is 5.50. The molecule has 92 valence electrons. The number of methoxy groups -OCH3 is 1. The minimum Gasteiger partial charge on any atom is -0.499 e. The highest BCUT2D eigenvalue weighted by Crippen LogP contribution is 2.29. The molecule has 0 amide bonds. The molecule has 0 aromatic carbocycles. The number of rotatable bonds is 3. The van der Waals surface area contributed by atoms with Crippen LogP contribution in [0, 0.1) is 12.8 Å². The number of allylic oxidation sites excluding steroid dienone is 2. The number of ether oxygens (including phenoxy) is 1. The lowest BCUT2D eigenvalue weighted by molar-refractivity contribution is 0.0421. The van der Waals surface area contributed by atoms with Gasteiger partial charge in [0.15, 0.2) is 0 Å². The fourth-order valence-electron chi connectivity index (χ4n) is 2.04. The van der Waals surface area contributed by atoms with Gasteiger partial charge in [-0.1, -0.05) is 13.0 Å². The van der Waals surface area contributed by atoms with Gasteiger partial charge in [0.05, 0.1) is 24.8 Å². The molecule has 2 unspecified atom stereocenters. The van der Waals surface area contributed by atoms with E-state index in [2.05, 4.69) is 4.98 Å². The molecule has 1 aliphatic rings. The minimum atomic E-state index is -0.154. The fourth-order valence-corrected chi connectivity index (χ4v) is 2.04. The monoisotopic (exact) mass is 235 g/mol. The number of aromatic nitrogens is 2. The molecule has 0 saturated carbocycles. The van der Waals surface area contributed by atoms with Crippen LogP contribution in [0.1, 0.15) is 12.6 Å². The van der Waals surface area contributed by atoms with E-state index in [0.29, 0.717) is 0 Å². The maximum absolute atomic E-state index is 5.46. The molecule has 17 heavy (non-hydrogen) atoms. The van der Waals surface area contributed by atoms with Crippen molar-refractivity contribution in [1.82, 2.24) is 9.55 Å². The van der Waals surface area contributed by atoms with E-state index in [1.807, 2.05) is 36.8 Å². The van der Waals surface area contributed by atoms with Crippen molar-refractivity contribution < 1.29 is 9.57 Å². The number of hydrogen-bond acceptors (Lipinski definition) is 4. The Kier molecular flexibility index (Phi) is 3.31. The average molecular weight is 235 g/mol. The summed E-state index contributed by atoms with van der Waals surface area (Å²) in [5.41, 5.74) is 1.93. The lowest BCUT2D eigenvalue weighted by Crippen LogP contribution is -2.28. The predicted octanol–water partition coefficient (Wildman–Crippen LogP) is 1.47. The first-order valence-electron chi connectivity index (χ1n) is 5.50. The van der Waals surface area contributed by atoms with Gasteiger partial charge >= 0.3 is 0 Å². The minimum absolute atomic E-state index is 0.0766. The summed E-state index contributed by atoms with van der Waals surface area (Å²) in [6.07, 6.45) is 7.44. The second-order valence-corrected chi connectivity index (χ2v) is 4.12. The maximum atomic E-state index is 5.46. The van der Waals surface area contributed by atoms with E-state index in [4.69, 9.17) is 15.5 Å². The topological polar surface area (TPSA) is 62.3 Å². The second kappa shape index (κ2) is 4.73. The predicted molar refractivity (Wildman–Crippen MR) is 64.6 cm³/mol. The van der Waals surface area contributed by atoms with Gasteiger partial charge in [0.1, 0.15) is 11.9 Å². The summed E-state index contributed by atoms with van der Waals surface area (Å²) in [5, 5.41) is 0. The van der Waals surface area contributed by atoms with E-state index in [1.54, 1.807) is 13.4 Å². The molecular weight excluding hydrogens is 218 g/mol. The van der Waals surface area contributed by atoms with Gasteiger partial charge in [-0.2, -0.15) is 0 Å². The molecule has 2 N–H and O–H groups in total. The molecule has 0 fully saturated rings. The molecular formula is C12H17N3O2. The summed E-state index contributed by atoms with van der Waals surface area (Å²) < 4.78 is 7.39. The quantitative estimate of drug-likeness (QED) is 0.806. The molecule has 2 atom stereocenters. The highest BCUT2D eigenvalue weighted by Gasteiger charge is 2.27. The van der Waals surface area contributed by atoms with E-state index in [1.165, 1.54) is 0 Å². The Morgan fingerprint density at radius 1 is 1.47 bits per heavy atom. The van der Waals surface area contributed by atoms with Crippen LogP contribution in [0.4, 0.5) is 0 Å². The molecule has 1 aromatic heterocycles. The SMILES string of the molecule is COC1=C(n2cnc(C)c2)C=CC(ON)C1C. The van der Waals surface area contributed by atoms with Crippen LogP contribution in [-0.2, 0) is 9.57 Å². The number of imidazole rings is 1. The van der Waals surface area contributed by atoms with Crippen molar-refractivity contribution >= 4 is 5.70 Å². The van der Waals surface area contributed by atoms with Crippen molar-refractivity contribution in [3.63, 3.8) is 0 Å². The van der Waals surface area contributed by atoms with Crippen LogP contribution in [0.5, 0.6) is 0 Å². The number of hydrogen-bond donors (Lipinski definition) is 1. The van der Waals surface area contributed by atoms with Gasteiger partial charge in [-0.3, -0.25) is 4.84 Å². The Hall–Kier alpha value is -1.59. The molecule has 0 radical (unpaired) electrons. The van der Waals surface area contributed by atoms with Crippen molar-refractivity contribution in [1.29, 1.82) is 0 Å². The highest BCUT2D eigenvalue weighted by atomic mass is 16.6. The van der Waals surface area contributed by atoms with Crippen LogP contribution in [0.2, 0.25) is 0 Å². The van der Waals surface area contributed by atoms with E-state index in [9.17, 15) is 0 Å². The molecule has 5 nitrogen and oxygen atoms in total. The van der Waals surface area contributed by atoms with Gasteiger partial charge in [-0.15, -0.1) is 0 Å². The number of aryl methyl sites for hydroxylation is 1. The zero-order valence-electron chi connectivity index (χ0n) is 10.3. The summed E-state index contributed by atoms with van der Waals surface area (Å²) in [6, 6.07) is 0. The van der Waals surface area contributed by atoms with Crippen LogP contribution in [0.3, 0.4) is 0 Å². The Morgan fingerprint density at radius 3 is 2.76 bits per heavy atom. The van der Waals surface area contributed by atoms with Gasteiger partial charge in [0, 0.05) is 12.1 Å². The molecule has 5 heteroatoms. The Labute approximate surface area is 100 Å². The molecule has 0 bridgehead atoms. The normalized spacial score (nSPS) is 24.2. The molecule has 0 aliphatic heterocycles. The lowest BCUT2D eigenvalue weighted by atomic mass is 9.95. The smallest absolute Gasteiger partial charge is 0.125 e. The Bertz CT molecular complexity index is 462. The Balaban J connectivity index is 2.41. The summed E-state index contributed by atoms with van der Waals surface area (Å²) in [5.74, 6) is 6.17. The molecule has 0 saturated heterocycles. The van der Waals surface area contributed by atoms with E-state index in [0.717, 1.165) is 17.2 Å². The third-order valence-corrected chi connectivity index (χ3v) is 2.97. The van der Waals surface area contributed by atoms with Crippen molar-refractivity contribution in [3.05, 3.63) is 36.1 Å². The van der Waals surface area contributed by atoms with Crippen LogP contribution in [0.15, 0.2) is 30.4 Å². The summed E-state index contributed by atoms with van der Waals surface area (Å²) in [7, 11) is 1.66. The van der Waals surface area contributed by atoms with Crippen LogP contribution in [0.25, 0.3) is 5.70 Å². The second-order valence-electron chi connectivity index (χ2n) is 4.12. The number of nitrogens with two attached hydrogens (primary N) is 1. The van der Waals surface area contributed by atoms with Crippen molar-refractivity contribution in [2.45, 2.75) is 20.0 Å².